The molecule has 2 rings (SSSR count). The van der Waals surface area contributed by atoms with Crippen molar-refractivity contribution in [1.82, 2.24) is 0 Å². The van der Waals surface area contributed by atoms with Crippen LogP contribution in [0.4, 0.5) is 11.6 Å². The van der Waals surface area contributed by atoms with E-state index in [-0.39, 0.29) is 5.76 Å². The van der Waals surface area contributed by atoms with Gasteiger partial charge < -0.3 is 14.5 Å². The van der Waals surface area contributed by atoms with Crippen LogP contribution in [-0.2, 0) is 14.3 Å². The van der Waals surface area contributed by atoms with E-state index in [0.717, 1.165) is 12.1 Å². The van der Waals surface area contributed by atoms with E-state index in [4.69, 9.17) is 20.8 Å². The average molecular weight is 365 g/mol. The van der Waals surface area contributed by atoms with Gasteiger partial charge >= 0.3 is 11.9 Å². The lowest BCUT2D eigenvalue weighted by atomic mass is 10.3. The van der Waals surface area contributed by atoms with Gasteiger partial charge in [0.25, 0.3) is 5.91 Å². The van der Waals surface area contributed by atoms with E-state index in [1.807, 2.05) is 0 Å². The van der Waals surface area contributed by atoms with Crippen molar-refractivity contribution in [3.05, 3.63) is 63.4 Å². The lowest BCUT2D eigenvalue weighted by molar-refractivity contribution is -0.402. The highest BCUT2D eigenvalue weighted by Crippen LogP contribution is 2.21. The van der Waals surface area contributed by atoms with Crippen molar-refractivity contribution in [3.63, 3.8) is 0 Å². The Labute approximate surface area is 147 Å². The second kappa shape index (κ2) is 8.11. The molecule has 1 heterocycles. The number of rotatable bonds is 6. The molecule has 1 N–H and O–H groups in total. The van der Waals surface area contributed by atoms with Gasteiger partial charge in [-0.05, 0) is 31.2 Å². The van der Waals surface area contributed by atoms with E-state index in [2.05, 4.69) is 5.32 Å². The van der Waals surface area contributed by atoms with Crippen LogP contribution in [0.25, 0.3) is 6.08 Å². The van der Waals surface area contributed by atoms with Crippen LogP contribution in [-0.4, -0.2) is 22.9 Å². The molecular weight excluding hydrogens is 352 g/mol. The molecule has 8 nitrogen and oxygen atoms in total. The highest BCUT2D eigenvalue weighted by molar-refractivity contribution is 6.33. The summed E-state index contributed by atoms with van der Waals surface area (Å²) in [5.74, 6) is -1.69. The molecule has 0 bridgehead atoms. The molecule has 0 aliphatic heterocycles. The first-order valence-corrected chi connectivity index (χ1v) is 7.43. The third-order valence-corrected chi connectivity index (χ3v) is 3.30. The van der Waals surface area contributed by atoms with Crippen molar-refractivity contribution >= 4 is 41.1 Å². The number of esters is 1. The molecule has 0 saturated carbocycles. The number of nitrogens with zero attached hydrogens (tertiary/aromatic N) is 1. The smallest absolute Gasteiger partial charge is 0.433 e. The zero-order valence-electron chi connectivity index (χ0n) is 13.0. The maximum absolute atomic E-state index is 12.0. The number of nitro groups is 1. The number of carbonyl (C=O) groups is 2. The summed E-state index contributed by atoms with van der Waals surface area (Å²) < 4.78 is 9.80. The fourth-order valence-corrected chi connectivity index (χ4v) is 1.93. The van der Waals surface area contributed by atoms with Crippen molar-refractivity contribution in [2.75, 3.05) is 5.32 Å². The van der Waals surface area contributed by atoms with E-state index in [0.29, 0.717) is 10.7 Å². The summed E-state index contributed by atoms with van der Waals surface area (Å²) >= 11 is 5.93. The first-order valence-electron chi connectivity index (χ1n) is 7.05. The SMILES string of the molecule is C[C@H](OC(=O)/C=C/c1ccc([N+](=O)[O-])o1)C(=O)Nc1ccccc1Cl. The number of hydrogen-bond donors (Lipinski definition) is 1. The minimum absolute atomic E-state index is 0.108. The molecule has 1 aromatic carbocycles. The van der Waals surface area contributed by atoms with Gasteiger partial charge in [0.2, 0.25) is 0 Å². The first-order chi connectivity index (χ1) is 11.9. The minimum atomic E-state index is -1.07. The van der Waals surface area contributed by atoms with Crippen LogP contribution in [0.3, 0.4) is 0 Å². The Hall–Kier alpha value is -3.13. The summed E-state index contributed by atoms with van der Waals surface area (Å²) in [6.45, 7) is 1.40. The summed E-state index contributed by atoms with van der Waals surface area (Å²) in [6, 6.07) is 9.12. The van der Waals surface area contributed by atoms with Gasteiger partial charge in [0.05, 0.1) is 16.8 Å². The number of carbonyl (C=O) groups excluding carboxylic acids is 2. The van der Waals surface area contributed by atoms with Crippen molar-refractivity contribution in [1.29, 1.82) is 0 Å². The van der Waals surface area contributed by atoms with E-state index in [9.17, 15) is 19.7 Å². The molecule has 0 aliphatic carbocycles. The van der Waals surface area contributed by atoms with Gasteiger partial charge in [-0.2, -0.15) is 0 Å². The lowest BCUT2D eigenvalue weighted by Gasteiger charge is -2.13. The Morgan fingerprint density at radius 3 is 2.68 bits per heavy atom. The number of furan rings is 1. The zero-order valence-corrected chi connectivity index (χ0v) is 13.7. The Balaban J connectivity index is 1.90. The fourth-order valence-electron chi connectivity index (χ4n) is 1.74. The molecule has 0 unspecified atom stereocenters. The van der Waals surface area contributed by atoms with Crippen molar-refractivity contribution in [3.8, 4) is 0 Å². The van der Waals surface area contributed by atoms with Gasteiger partial charge in [-0.3, -0.25) is 14.9 Å². The molecule has 130 valence electrons. The van der Waals surface area contributed by atoms with Crippen LogP contribution in [0.15, 0.2) is 46.9 Å². The van der Waals surface area contributed by atoms with Crippen LogP contribution < -0.4 is 5.32 Å². The van der Waals surface area contributed by atoms with E-state index in [1.54, 1.807) is 24.3 Å². The summed E-state index contributed by atoms with van der Waals surface area (Å²) in [7, 11) is 0. The van der Waals surface area contributed by atoms with Crippen LogP contribution in [0.1, 0.15) is 12.7 Å². The number of para-hydroxylation sites is 1. The van der Waals surface area contributed by atoms with Gasteiger partial charge in [-0.1, -0.05) is 23.7 Å². The number of amides is 1. The average Bonchev–Trinajstić information content (AvgIpc) is 3.04. The van der Waals surface area contributed by atoms with Crippen molar-refractivity contribution in [2.45, 2.75) is 13.0 Å². The van der Waals surface area contributed by atoms with Gasteiger partial charge in [-0.25, -0.2) is 4.79 Å². The highest BCUT2D eigenvalue weighted by atomic mass is 35.5. The molecule has 1 aromatic heterocycles. The van der Waals surface area contributed by atoms with Crippen LogP contribution in [0.5, 0.6) is 0 Å². The molecule has 0 fully saturated rings. The topological polar surface area (TPSA) is 112 Å². The molecule has 1 atom stereocenters. The molecule has 0 aliphatic rings. The van der Waals surface area contributed by atoms with E-state index in [1.165, 1.54) is 19.1 Å². The van der Waals surface area contributed by atoms with Crippen LogP contribution >= 0.6 is 11.6 Å². The molecule has 0 spiro atoms. The maximum atomic E-state index is 12.0. The van der Waals surface area contributed by atoms with E-state index >= 15 is 0 Å². The highest BCUT2D eigenvalue weighted by Gasteiger charge is 2.18. The molecule has 0 radical (unpaired) electrons. The van der Waals surface area contributed by atoms with Crippen molar-refractivity contribution in [2.24, 2.45) is 0 Å². The van der Waals surface area contributed by atoms with Crippen LogP contribution in [0.2, 0.25) is 5.02 Å². The number of benzene rings is 1. The van der Waals surface area contributed by atoms with E-state index < -0.39 is 28.8 Å². The minimum Gasteiger partial charge on any atom is -0.449 e. The quantitative estimate of drug-likeness (QED) is 0.364. The second-order valence-corrected chi connectivity index (χ2v) is 5.22. The van der Waals surface area contributed by atoms with Gasteiger partial charge in [-0.15, -0.1) is 0 Å². The largest absolute Gasteiger partial charge is 0.449 e. The molecule has 0 saturated heterocycles. The number of hydrogen-bond acceptors (Lipinski definition) is 6. The second-order valence-electron chi connectivity index (χ2n) is 4.81. The number of nitrogens with one attached hydrogen (secondary N) is 1. The van der Waals surface area contributed by atoms with Gasteiger partial charge in [0.15, 0.2) is 6.10 Å². The summed E-state index contributed by atoms with van der Waals surface area (Å²) in [4.78, 5) is 33.5. The fraction of sp³-hybridized carbons (Fsp3) is 0.125. The lowest BCUT2D eigenvalue weighted by Crippen LogP contribution is -2.29. The normalized spacial score (nSPS) is 11.9. The molecular formula is C16H13ClN2O6. The summed E-state index contributed by atoms with van der Waals surface area (Å²) in [5.41, 5.74) is 0.399. The predicted octanol–water partition coefficient (Wildman–Crippen LogP) is 3.42. The zero-order chi connectivity index (χ0) is 18.4. The summed E-state index contributed by atoms with van der Waals surface area (Å²) in [5, 5.41) is 13.4. The van der Waals surface area contributed by atoms with Gasteiger partial charge in [0, 0.05) is 6.08 Å². The number of halogens is 1. The van der Waals surface area contributed by atoms with Crippen molar-refractivity contribution < 1.29 is 23.7 Å². The Bertz CT molecular complexity index is 830. The predicted molar refractivity (Wildman–Crippen MR) is 90.0 cm³/mol. The summed E-state index contributed by atoms with van der Waals surface area (Å²) in [6.07, 6.45) is 1.13. The third kappa shape index (κ3) is 5.18. The third-order valence-electron chi connectivity index (χ3n) is 2.97. The Kier molecular flexibility index (Phi) is 5.91. The molecule has 2 aromatic rings. The van der Waals surface area contributed by atoms with Crippen LogP contribution in [0, 0.1) is 10.1 Å². The number of ether oxygens (including phenoxy) is 1. The standard InChI is InChI=1S/C16H13ClN2O6/c1-10(16(21)18-13-5-3-2-4-12(13)17)24-15(20)9-7-11-6-8-14(25-11)19(22)23/h2-10H,1H3,(H,18,21)/b9-7+/t10-/m0/s1. The monoisotopic (exact) mass is 364 g/mol. The number of anilines is 1. The van der Waals surface area contributed by atoms with Gasteiger partial charge in [0.1, 0.15) is 10.7 Å². The molecule has 25 heavy (non-hydrogen) atoms. The Morgan fingerprint density at radius 2 is 2.04 bits per heavy atom. The first kappa shape index (κ1) is 18.2. The maximum Gasteiger partial charge on any atom is 0.433 e. The molecule has 9 heteroatoms. The Morgan fingerprint density at radius 1 is 1.32 bits per heavy atom. The molecule has 1 amide bonds.